The number of methoxy groups -OCH3 is 1. The summed E-state index contributed by atoms with van der Waals surface area (Å²) in [4.78, 5) is 12.3. The van der Waals surface area contributed by atoms with Crippen molar-refractivity contribution in [3.63, 3.8) is 0 Å². The Balaban J connectivity index is 2.03. The average molecular weight is 378 g/mol. The molecule has 0 saturated heterocycles. The molecule has 0 fully saturated rings. The molecule has 0 aliphatic heterocycles. The summed E-state index contributed by atoms with van der Waals surface area (Å²) in [5.74, 6) is 0.686. The molecule has 1 atom stereocenters. The lowest BCUT2D eigenvalue weighted by atomic mass is 10.2. The summed E-state index contributed by atoms with van der Waals surface area (Å²) in [5.41, 5.74) is 1.06. The molecule has 0 radical (unpaired) electrons. The van der Waals surface area contributed by atoms with Crippen LogP contribution in [0.15, 0.2) is 48.5 Å². The van der Waals surface area contributed by atoms with Crippen molar-refractivity contribution in [3.8, 4) is 11.5 Å². The molecular formula is C18H22N2O5S. The molecule has 0 aliphatic rings. The van der Waals surface area contributed by atoms with Crippen molar-refractivity contribution in [1.82, 2.24) is 0 Å². The van der Waals surface area contributed by atoms with E-state index < -0.39 is 16.1 Å². The van der Waals surface area contributed by atoms with Crippen LogP contribution in [-0.4, -0.2) is 40.8 Å². The van der Waals surface area contributed by atoms with Crippen molar-refractivity contribution in [2.45, 2.75) is 13.0 Å². The first-order valence-electron chi connectivity index (χ1n) is 7.87. The first-order valence-corrected chi connectivity index (χ1v) is 9.71. The van der Waals surface area contributed by atoms with Gasteiger partial charge in [0.25, 0.3) is 5.91 Å². The van der Waals surface area contributed by atoms with Gasteiger partial charge in [-0.05, 0) is 43.3 Å². The molecule has 26 heavy (non-hydrogen) atoms. The highest BCUT2D eigenvalue weighted by Crippen LogP contribution is 2.24. The fourth-order valence-electron chi connectivity index (χ4n) is 2.17. The van der Waals surface area contributed by atoms with Crippen molar-refractivity contribution in [2.24, 2.45) is 0 Å². The summed E-state index contributed by atoms with van der Waals surface area (Å²) >= 11 is 0. The Hall–Kier alpha value is -2.74. The van der Waals surface area contributed by atoms with Crippen LogP contribution in [0.4, 0.5) is 11.4 Å². The van der Waals surface area contributed by atoms with Gasteiger partial charge in [0.15, 0.2) is 6.10 Å². The van der Waals surface area contributed by atoms with E-state index in [-0.39, 0.29) is 5.91 Å². The third kappa shape index (κ3) is 4.89. The molecule has 2 rings (SSSR count). The fourth-order valence-corrected chi connectivity index (χ4v) is 2.67. The van der Waals surface area contributed by atoms with Crippen molar-refractivity contribution in [3.05, 3.63) is 48.5 Å². The highest BCUT2D eigenvalue weighted by Gasteiger charge is 2.17. The summed E-state index contributed by atoms with van der Waals surface area (Å²) in [5, 5.41) is 2.75. The van der Waals surface area contributed by atoms with Gasteiger partial charge in [0, 0.05) is 7.05 Å². The van der Waals surface area contributed by atoms with E-state index in [2.05, 4.69) is 5.32 Å². The molecule has 7 nitrogen and oxygen atoms in total. The largest absolute Gasteiger partial charge is 0.495 e. The van der Waals surface area contributed by atoms with E-state index >= 15 is 0 Å². The number of rotatable bonds is 7. The molecule has 0 spiro atoms. The van der Waals surface area contributed by atoms with Crippen molar-refractivity contribution in [1.29, 1.82) is 0 Å². The van der Waals surface area contributed by atoms with Gasteiger partial charge in [-0.15, -0.1) is 0 Å². The molecule has 0 saturated carbocycles. The van der Waals surface area contributed by atoms with Crippen molar-refractivity contribution < 1.29 is 22.7 Å². The molecule has 2 aromatic carbocycles. The van der Waals surface area contributed by atoms with Gasteiger partial charge in [0.05, 0.1) is 24.7 Å². The number of carbonyl (C=O) groups excluding carboxylic acids is 1. The van der Waals surface area contributed by atoms with Gasteiger partial charge in [-0.1, -0.05) is 12.1 Å². The van der Waals surface area contributed by atoms with Crippen LogP contribution < -0.4 is 19.1 Å². The Kier molecular flexibility index (Phi) is 6.10. The number of nitrogens with zero attached hydrogens (tertiary/aromatic N) is 1. The number of para-hydroxylation sites is 2. The molecule has 0 bridgehead atoms. The summed E-state index contributed by atoms with van der Waals surface area (Å²) in [6, 6.07) is 13.5. The lowest BCUT2D eigenvalue weighted by molar-refractivity contribution is -0.122. The van der Waals surface area contributed by atoms with Crippen LogP contribution in [0.3, 0.4) is 0 Å². The number of carbonyl (C=O) groups is 1. The molecule has 0 aliphatic carbocycles. The van der Waals surface area contributed by atoms with Crippen LogP contribution >= 0.6 is 0 Å². The van der Waals surface area contributed by atoms with Gasteiger partial charge in [-0.25, -0.2) is 8.42 Å². The van der Waals surface area contributed by atoms with Gasteiger partial charge in [-0.2, -0.15) is 0 Å². The number of amides is 1. The number of anilines is 2. The molecule has 1 N–H and O–H groups in total. The zero-order valence-electron chi connectivity index (χ0n) is 15.1. The van der Waals surface area contributed by atoms with E-state index in [1.54, 1.807) is 49.4 Å². The maximum atomic E-state index is 12.3. The molecule has 1 unspecified atom stereocenters. The summed E-state index contributed by atoms with van der Waals surface area (Å²) < 4.78 is 35.1. The minimum atomic E-state index is -3.33. The fraction of sp³-hybridized carbons (Fsp3) is 0.278. The van der Waals surface area contributed by atoms with Gasteiger partial charge in [0.2, 0.25) is 10.0 Å². The molecular weight excluding hydrogens is 356 g/mol. The van der Waals surface area contributed by atoms with E-state index in [4.69, 9.17) is 9.47 Å². The Morgan fingerprint density at radius 1 is 1.12 bits per heavy atom. The maximum absolute atomic E-state index is 12.3. The van der Waals surface area contributed by atoms with Gasteiger partial charge < -0.3 is 14.8 Å². The van der Waals surface area contributed by atoms with Crippen LogP contribution in [0.2, 0.25) is 0 Å². The Morgan fingerprint density at radius 2 is 1.73 bits per heavy atom. The second-order valence-electron chi connectivity index (χ2n) is 5.67. The Labute approximate surface area is 153 Å². The van der Waals surface area contributed by atoms with Crippen molar-refractivity contribution in [2.75, 3.05) is 30.0 Å². The Bertz CT molecular complexity index is 865. The number of ether oxygens (including phenoxy) is 2. The van der Waals surface area contributed by atoms with Crippen LogP contribution in [0.5, 0.6) is 11.5 Å². The van der Waals surface area contributed by atoms with Gasteiger partial charge >= 0.3 is 0 Å². The molecule has 0 aromatic heterocycles. The number of nitrogens with one attached hydrogen (secondary N) is 1. The van der Waals surface area contributed by atoms with Gasteiger partial charge in [-0.3, -0.25) is 9.10 Å². The topological polar surface area (TPSA) is 84.9 Å². The summed E-state index contributed by atoms with van der Waals surface area (Å²) in [6.07, 6.45) is 0.375. The highest BCUT2D eigenvalue weighted by atomic mass is 32.2. The van der Waals surface area contributed by atoms with E-state index in [0.717, 1.165) is 10.6 Å². The third-order valence-corrected chi connectivity index (χ3v) is 4.95. The normalized spacial score (nSPS) is 12.2. The van der Waals surface area contributed by atoms with E-state index in [1.807, 2.05) is 6.07 Å². The molecule has 8 heteroatoms. The lowest BCUT2D eigenvalue weighted by Crippen LogP contribution is -2.30. The number of hydrogen-bond donors (Lipinski definition) is 1. The summed E-state index contributed by atoms with van der Waals surface area (Å²) in [7, 11) is -0.335. The second kappa shape index (κ2) is 8.09. The van der Waals surface area contributed by atoms with E-state index in [9.17, 15) is 13.2 Å². The van der Waals surface area contributed by atoms with Crippen LogP contribution in [0.25, 0.3) is 0 Å². The number of benzene rings is 2. The monoisotopic (exact) mass is 378 g/mol. The van der Waals surface area contributed by atoms with E-state index in [1.165, 1.54) is 14.2 Å². The van der Waals surface area contributed by atoms with Crippen LogP contribution in [0, 0.1) is 0 Å². The van der Waals surface area contributed by atoms with Crippen LogP contribution in [-0.2, 0) is 14.8 Å². The first-order chi connectivity index (χ1) is 12.2. The number of sulfonamides is 1. The SMILES string of the molecule is COc1ccccc1NC(=O)C(C)Oc1ccc(N(C)S(C)(=O)=O)cc1. The predicted octanol–water partition coefficient (Wildman–Crippen LogP) is 2.50. The lowest BCUT2D eigenvalue weighted by Gasteiger charge is -2.18. The third-order valence-electron chi connectivity index (χ3n) is 3.74. The summed E-state index contributed by atoms with van der Waals surface area (Å²) in [6.45, 7) is 1.63. The van der Waals surface area contributed by atoms with Gasteiger partial charge in [0.1, 0.15) is 11.5 Å². The van der Waals surface area contributed by atoms with E-state index in [0.29, 0.717) is 22.9 Å². The quantitative estimate of drug-likeness (QED) is 0.800. The zero-order valence-corrected chi connectivity index (χ0v) is 15.9. The molecule has 2 aromatic rings. The maximum Gasteiger partial charge on any atom is 0.265 e. The van der Waals surface area contributed by atoms with Crippen LogP contribution in [0.1, 0.15) is 6.92 Å². The standard InChI is InChI=1S/C18H22N2O5S/c1-13(18(21)19-16-7-5-6-8-17(16)24-3)25-15-11-9-14(10-12-15)20(2)26(4,22)23/h5-13H,1-4H3,(H,19,21). The smallest absolute Gasteiger partial charge is 0.265 e. The highest BCUT2D eigenvalue weighted by molar-refractivity contribution is 7.92. The van der Waals surface area contributed by atoms with Crippen molar-refractivity contribution >= 4 is 27.3 Å². The predicted molar refractivity (Wildman–Crippen MR) is 101 cm³/mol. The average Bonchev–Trinajstić information content (AvgIpc) is 2.61. The minimum Gasteiger partial charge on any atom is -0.495 e. The molecule has 1 amide bonds. The number of hydrogen-bond acceptors (Lipinski definition) is 5. The molecule has 140 valence electrons. The first kappa shape index (κ1) is 19.6. The molecule has 0 heterocycles. The second-order valence-corrected chi connectivity index (χ2v) is 7.69. The minimum absolute atomic E-state index is 0.327. The Morgan fingerprint density at radius 3 is 2.31 bits per heavy atom. The zero-order chi connectivity index (χ0) is 19.3.